The van der Waals surface area contributed by atoms with Gasteiger partial charge in [0.1, 0.15) is 41.7 Å². The summed E-state index contributed by atoms with van der Waals surface area (Å²) >= 11 is 0. The van der Waals surface area contributed by atoms with Crippen molar-refractivity contribution in [1.29, 1.82) is 0 Å². The van der Waals surface area contributed by atoms with Crippen molar-refractivity contribution >= 4 is 35.5 Å². The number of likely N-dealkylation sites (N-methyl/N-ethyl adjacent to an activating group) is 1. The molecular formula is C51H63N6O9+. The van der Waals surface area contributed by atoms with Crippen LogP contribution in [0, 0.1) is 0 Å². The van der Waals surface area contributed by atoms with Crippen molar-refractivity contribution in [2.24, 2.45) is 0 Å². The second kappa shape index (κ2) is 22.4. The molecule has 0 aliphatic carbocycles. The average Bonchev–Trinajstić information content (AvgIpc) is 3.70. The van der Waals surface area contributed by atoms with Gasteiger partial charge in [-0.25, -0.2) is 4.79 Å². The van der Waals surface area contributed by atoms with E-state index in [1.807, 2.05) is 12.1 Å². The van der Waals surface area contributed by atoms with E-state index in [0.717, 1.165) is 17.5 Å². The smallest absolute Gasteiger partial charge is 0.326 e. The zero-order valence-corrected chi connectivity index (χ0v) is 38.1. The lowest BCUT2D eigenvalue weighted by atomic mass is 9.93. The average molecular weight is 904 g/mol. The zero-order chi connectivity index (χ0) is 47.5. The second-order valence-electron chi connectivity index (χ2n) is 17.6. The number of nitrogens with one attached hydrogen (secondary N) is 3. The van der Waals surface area contributed by atoms with Crippen LogP contribution >= 0.6 is 0 Å². The largest absolute Gasteiger partial charge is 0.507 e. The van der Waals surface area contributed by atoms with E-state index < -0.39 is 53.8 Å². The number of nitrogens with zero attached hydrogens (tertiary/aromatic N) is 2. The molecule has 2 aliphatic rings. The summed E-state index contributed by atoms with van der Waals surface area (Å²) in [6.07, 6.45) is 9.91. The van der Waals surface area contributed by atoms with Gasteiger partial charge in [-0.3, -0.25) is 24.0 Å². The van der Waals surface area contributed by atoms with Gasteiger partial charge in [0.15, 0.2) is 0 Å². The SMILES string of the molecule is CCCCCCCCCc1ccc(-c2ccc(C(=O)NCCC(=O)N3C[C@H]([NH3+])C[C@H]3C(=O)N(C)[C@@H]3C(=O)N[C@@H](C)C(=O)N[C@H](C(=O)O)Cc4ccc(O)c(c4)-c4cc3ccc4O)cc2)cc1. The zero-order valence-electron chi connectivity index (χ0n) is 38.1. The molecule has 0 radical (unpaired) electrons. The number of aryl methyl sites for hydroxylation is 1. The van der Waals surface area contributed by atoms with E-state index >= 15 is 0 Å². The van der Waals surface area contributed by atoms with E-state index in [4.69, 9.17) is 0 Å². The number of benzene rings is 4. The monoisotopic (exact) mass is 903 g/mol. The first-order chi connectivity index (χ1) is 31.6. The number of fused-ring (bicyclic) bond motifs is 5. The van der Waals surface area contributed by atoms with Crippen LogP contribution in [0.5, 0.6) is 11.5 Å². The molecular weight excluding hydrogens is 841 g/mol. The third-order valence-corrected chi connectivity index (χ3v) is 12.6. The fourth-order valence-corrected chi connectivity index (χ4v) is 8.79. The van der Waals surface area contributed by atoms with Crippen molar-refractivity contribution in [3.8, 4) is 33.8 Å². The molecule has 66 heavy (non-hydrogen) atoms. The van der Waals surface area contributed by atoms with Gasteiger partial charge in [-0.1, -0.05) is 94.0 Å². The summed E-state index contributed by atoms with van der Waals surface area (Å²) in [5, 5.41) is 39.6. The minimum Gasteiger partial charge on any atom is -0.507 e. The van der Waals surface area contributed by atoms with Crippen LogP contribution < -0.4 is 21.7 Å². The van der Waals surface area contributed by atoms with E-state index in [-0.39, 0.29) is 72.5 Å². The molecule has 6 rings (SSSR count). The Labute approximate surface area is 385 Å². The highest BCUT2D eigenvalue weighted by atomic mass is 16.4. The summed E-state index contributed by atoms with van der Waals surface area (Å²) in [7, 11) is 1.39. The van der Waals surface area contributed by atoms with Crippen LogP contribution in [0.1, 0.15) is 105 Å². The molecule has 0 spiro atoms. The van der Waals surface area contributed by atoms with Crippen LogP contribution in [-0.4, -0.2) is 105 Å². The Morgan fingerprint density at radius 3 is 2.09 bits per heavy atom. The summed E-state index contributed by atoms with van der Waals surface area (Å²) in [6.45, 7) is 3.78. The molecule has 0 saturated carbocycles. The first-order valence-corrected chi connectivity index (χ1v) is 23.0. The fraction of sp³-hybridized carbons (Fsp3) is 0.412. The van der Waals surface area contributed by atoms with Crippen molar-refractivity contribution in [2.75, 3.05) is 20.1 Å². The molecule has 5 atom stereocenters. The third-order valence-electron chi connectivity index (χ3n) is 12.6. The number of likely N-dealkylation sites (tertiary alicyclic amines) is 1. The number of quaternary nitrogens is 1. The highest BCUT2D eigenvalue weighted by Gasteiger charge is 2.44. The van der Waals surface area contributed by atoms with Gasteiger partial charge in [-0.15, -0.1) is 0 Å². The number of hydrogen-bond donors (Lipinski definition) is 7. The number of carboxylic acids is 1. The maximum atomic E-state index is 14.5. The number of hydrogen-bond acceptors (Lipinski definition) is 8. The number of carbonyl (C=O) groups is 6. The van der Waals surface area contributed by atoms with Crippen molar-refractivity contribution in [1.82, 2.24) is 25.8 Å². The van der Waals surface area contributed by atoms with Gasteiger partial charge in [-0.05, 0) is 84.0 Å². The predicted octanol–water partition coefficient (Wildman–Crippen LogP) is 4.89. The molecule has 15 heteroatoms. The molecule has 0 unspecified atom stereocenters. The van der Waals surface area contributed by atoms with Crippen LogP contribution in [-0.2, 0) is 36.8 Å². The van der Waals surface area contributed by atoms with Gasteiger partial charge >= 0.3 is 5.97 Å². The number of aliphatic carboxylic acids is 1. The van der Waals surface area contributed by atoms with Crippen LogP contribution in [0.3, 0.4) is 0 Å². The van der Waals surface area contributed by atoms with E-state index in [2.05, 4.69) is 52.9 Å². The quantitative estimate of drug-likeness (QED) is 0.0758. The van der Waals surface area contributed by atoms with Gasteiger partial charge in [0, 0.05) is 49.5 Å². The van der Waals surface area contributed by atoms with E-state index in [1.165, 1.54) is 111 Å². The van der Waals surface area contributed by atoms with Crippen LogP contribution in [0.2, 0.25) is 0 Å². The first kappa shape index (κ1) is 48.7. The first-order valence-electron chi connectivity index (χ1n) is 23.0. The normalized spacial score (nSPS) is 19.6. The maximum Gasteiger partial charge on any atom is 0.326 e. The molecule has 1 saturated heterocycles. The Bertz CT molecular complexity index is 2390. The Hall–Kier alpha value is -6.74. The lowest BCUT2D eigenvalue weighted by molar-refractivity contribution is -0.414. The van der Waals surface area contributed by atoms with Crippen molar-refractivity contribution in [2.45, 2.75) is 115 Å². The summed E-state index contributed by atoms with van der Waals surface area (Å²) in [6, 6.07) is 19.0. The molecule has 9 N–H and O–H groups in total. The predicted molar refractivity (Wildman–Crippen MR) is 249 cm³/mol. The lowest BCUT2D eigenvalue weighted by Crippen LogP contribution is -2.62. The van der Waals surface area contributed by atoms with Crippen molar-refractivity contribution in [3.05, 3.63) is 107 Å². The van der Waals surface area contributed by atoms with Crippen LogP contribution in [0.15, 0.2) is 84.9 Å². The molecule has 5 amide bonds. The maximum absolute atomic E-state index is 14.5. The highest BCUT2D eigenvalue weighted by Crippen LogP contribution is 2.39. The minimum atomic E-state index is -1.42. The van der Waals surface area contributed by atoms with Crippen molar-refractivity contribution in [3.63, 3.8) is 0 Å². The van der Waals surface area contributed by atoms with Gasteiger partial charge < -0.3 is 46.8 Å². The number of phenolic OH excluding ortho intramolecular Hbond substituents is 2. The Morgan fingerprint density at radius 2 is 1.42 bits per heavy atom. The van der Waals surface area contributed by atoms with Gasteiger partial charge in [0.05, 0.1) is 6.54 Å². The molecule has 4 aromatic rings. The Morgan fingerprint density at radius 1 is 0.803 bits per heavy atom. The van der Waals surface area contributed by atoms with Crippen molar-refractivity contribution < 1.29 is 49.8 Å². The van der Waals surface area contributed by atoms with E-state index in [0.29, 0.717) is 11.1 Å². The number of unbranched alkanes of at least 4 members (excludes halogenated alkanes) is 6. The lowest BCUT2D eigenvalue weighted by Gasteiger charge is -2.33. The minimum absolute atomic E-state index is 0.00668. The molecule has 4 bridgehead atoms. The van der Waals surface area contributed by atoms with E-state index in [9.17, 15) is 44.1 Å². The molecule has 1 fully saturated rings. The molecule has 0 aromatic heterocycles. The molecule has 350 valence electrons. The number of carboxylic acid groups (broad SMARTS) is 1. The number of phenols is 2. The van der Waals surface area contributed by atoms with Gasteiger partial charge in [0.25, 0.3) is 5.91 Å². The molecule has 4 aromatic carbocycles. The highest BCUT2D eigenvalue weighted by molar-refractivity contribution is 5.97. The van der Waals surface area contributed by atoms with Crippen LogP contribution in [0.25, 0.3) is 22.3 Å². The Balaban J connectivity index is 1.10. The second-order valence-corrected chi connectivity index (χ2v) is 17.6. The number of aromatic hydroxyl groups is 2. The van der Waals surface area contributed by atoms with Gasteiger partial charge in [-0.2, -0.15) is 0 Å². The Kier molecular flexibility index (Phi) is 16.6. The molecule has 15 nitrogen and oxygen atoms in total. The summed E-state index contributed by atoms with van der Waals surface area (Å²) in [4.78, 5) is 83.6. The summed E-state index contributed by atoms with van der Waals surface area (Å²) in [5.74, 6) is -4.73. The molecule has 2 aliphatic heterocycles. The fourth-order valence-electron chi connectivity index (χ4n) is 8.79. The van der Waals surface area contributed by atoms with Gasteiger partial charge in [0.2, 0.25) is 23.6 Å². The summed E-state index contributed by atoms with van der Waals surface area (Å²) in [5.41, 5.74) is 8.80. The number of amides is 5. The number of carbonyl (C=O) groups excluding carboxylic acids is 5. The third kappa shape index (κ3) is 12.1. The van der Waals surface area contributed by atoms with Crippen LogP contribution in [0.4, 0.5) is 0 Å². The number of rotatable bonds is 16. The van der Waals surface area contributed by atoms with E-state index in [1.54, 1.807) is 12.1 Å². The standard InChI is InChI=1S/C51H62N6O9/c1-4-5-6-7-8-9-10-11-32-12-15-34(16-13-32)35-17-19-36(20-18-35)48(62)53-25-24-45(60)57-30-38(52)29-42(57)50(64)56(3)46-37-21-23-44(59)40(28-37)39-26-33(14-22-43(39)58)27-41(51(65)66)55-47(61)31(2)54-49(46)63/h12-23,26,28,31,38,41-42,46,58-59H,4-11,24-25,27,29-30,52H2,1-3H3,(H,53,62)(H,54,63)(H,55,61)(H,65,66)/p+1/t31-,38+,41-,42-,46-/m0/s1. The topological polar surface area (TPSA) is 233 Å². The summed E-state index contributed by atoms with van der Waals surface area (Å²) < 4.78 is 0. The molecule has 2 heterocycles.